The molecule has 0 N–H and O–H groups in total. The molecule has 17 heavy (non-hydrogen) atoms. The molecule has 1 aliphatic rings. The average Bonchev–Trinajstić information content (AvgIpc) is 2.36. The van der Waals surface area contributed by atoms with Crippen LogP contribution in [0.4, 0.5) is 0 Å². The Labute approximate surface area is 105 Å². The fourth-order valence-corrected chi connectivity index (χ4v) is 2.06. The number of amides is 1. The number of ether oxygens (including phenoxy) is 1. The number of benzene rings is 1. The van der Waals surface area contributed by atoms with Crippen molar-refractivity contribution >= 4 is 17.5 Å². The lowest BCUT2D eigenvalue weighted by Crippen LogP contribution is -2.38. The Morgan fingerprint density at radius 1 is 1.59 bits per heavy atom. The normalized spacial score (nSPS) is 18.2. The highest BCUT2D eigenvalue weighted by atomic mass is 35.5. The van der Waals surface area contributed by atoms with Crippen LogP contribution < -0.4 is 4.74 Å². The van der Waals surface area contributed by atoms with Crippen molar-refractivity contribution in [2.75, 3.05) is 20.8 Å². The van der Waals surface area contributed by atoms with Crippen molar-refractivity contribution in [2.24, 2.45) is 5.92 Å². The molecule has 0 aromatic heterocycles. The number of nitrogens with zero attached hydrogens (tertiary/aromatic N) is 1. The molecular formula is C12H14ClNO3. The van der Waals surface area contributed by atoms with Gasteiger partial charge in [-0.15, -0.1) is 0 Å². The van der Waals surface area contributed by atoms with Crippen LogP contribution >= 0.6 is 11.6 Å². The fraction of sp³-hybridized carbons (Fsp3) is 0.417. The minimum absolute atomic E-state index is 0.0851. The molecule has 4 nitrogen and oxygen atoms in total. The molecule has 1 aromatic rings. The first-order valence-corrected chi connectivity index (χ1v) is 5.72. The SMILES string of the molecule is CON(C)C(=O)[C@H]1COc2ccc(Cl)cc2C1. The molecule has 0 bridgehead atoms. The van der Waals surface area contributed by atoms with Gasteiger partial charge in [0.05, 0.1) is 13.0 Å². The van der Waals surface area contributed by atoms with Crippen LogP contribution in [-0.2, 0) is 16.1 Å². The van der Waals surface area contributed by atoms with E-state index in [2.05, 4.69) is 0 Å². The van der Waals surface area contributed by atoms with Gasteiger partial charge in [-0.2, -0.15) is 0 Å². The predicted molar refractivity (Wildman–Crippen MR) is 63.9 cm³/mol. The third-order valence-electron chi connectivity index (χ3n) is 2.86. The first-order chi connectivity index (χ1) is 8.11. The summed E-state index contributed by atoms with van der Waals surface area (Å²) in [5, 5.41) is 1.88. The van der Waals surface area contributed by atoms with E-state index < -0.39 is 0 Å². The molecule has 0 aliphatic carbocycles. The van der Waals surface area contributed by atoms with Crippen LogP contribution in [0.25, 0.3) is 0 Å². The third-order valence-corrected chi connectivity index (χ3v) is 3.10. The summed E-state index contributed by atoms with van der Waals surface area (Å²) in [6.07, 6.45) is 0.627. The summed E-state index contributed by atoms with van der Waals surface area (Å²) in [6, 6.07) is 5.45. The fourth-order valence-electron chi connectivity index (χ4n) is 1.87. The minimum Gasteiger partial charge on any atom is -0.492 e. The van der Waals surface area contributed by atoms with Gasteiger partial charge in [-0.25, -0.2) is 5.06 Å². The molecular weight excluding hydrogens is 242 g/mol. The molecule has 0 unspecified atom stereocenters. The maximum atomic E-state index is 11.9. The second kappa shape index (κ2) is 4.94. The first-order valence-electron chi connectivity index (χ1n) is 5.34. The maximum absolute atomic E-state index is 11.9. The van der Waals surface area contributed by atoms with Crippen molar-refractivity contribution in [3.05, 3.63) is 28.8 Å². The van der Waals surface area contributed by atoms with Crippen LogP contribution in [0, 0.1) is 5.92 Å². The monoisotopic (exact) mass is 255 g/mol. The number of carbonyl (C=O) groups is 1. The minimum atomic E-state index is -0.217. The van der Waals surface area contributed by atoms with Gasteiger partial charge in [0, 0.05) is 12.1 Å². The summed E-state index contributed by atoms with van der Waals surface area (Å²) >= 11 is 5.92. The Hall–Kier alpha value is -1.26. The molecule has 1 aliphatic heterocycles. The number of rotatable bonds is 2. The van der Waals surface area contributed by atoms with E-state index in [1.54, 1.807) is 13.1 Å². The molecule has 2 rings (SSSR count). The van der Waals surface area contributed by atoms with Gasteiger partial charge in [0.15, 0.2) is 0 Å². The molecule has 0 spiro atoms. The Morgan fingerprint density at radius 2 is 2.35 bits per heavy atom. The highest BCUT2D eigenvalue weighted by Gasteiger charge is 2.28. The van der Waals surface area contributed by atoms with Gasteiger partial charge in [-0.1, -0.05) is 11.6 Å². The molecule has 1 atom stereocenters. The van der Waals surface area contributed by atoms with Gasteiger partial charge in [-0.3, -0.25) is 9.63 Å². The number of hydrogen-bond donors (Lipinski definition) is 0. The lowest BCUT2D eigenvalue weighted by Gasteiger charge is -2.27. The zero-order chi connectivity index (χ0) is 12.4. The van der Waals surface area contributed by atoms with Crippen LogP contribution in [-0.4, -0.2) is 31.7 Å². The van der Waals surface area contributed by atoms with Crippen molar-refractivity contribution in [1.82, 2.24) is 5.06 Å². The highest BCUT2D eigenvalue weighted by molar-refractivity contribution is 6.30. The molecule has 0 radical (unpaired) electrons. The van der Waals surface area contributed by atoms with Gasteiger partial charge in [0.1, 0.15) is 12.4 Å². The van der Waals surface area contributed by atoms with Crippen LogP contribution in [0.5, 0.6) is 5.75 Å². The Balaban J connectivity index is 2.15. The van der Waals surface area contributed by atoms with Crippen LogP contribution in [0.3, 0.4) is 0 Å². The van der Waals surface area contributed by atoms with Gasteiger partial charge in [0.25, 0.3) is 5.91 Å². The van der Waals surface area contributed by atoms with Crippen molar-refractivity contribution in [3.63, 3.8) is 0 Å². The Bertz CT molecular complexity index is 436. The van der Waals surface area contributed by atoms with E-state index in [0.717, 1.165) is 11.3 Å². The summed E-state index contributed by atoms with van der Waals surface area (Å²) in [5.74, 6) is 0.502. The van der Waals surface area contributed by atoms with Crippen molar-refractivity contribution in [1.29, 1.82) is 0 Å². The van der Waals surface area contributed by atoms with Gasteiger partial charge in [-0.05, 0) is 30.2 Å². The maximum Gasteiger partial charge on any atom is 0.252 e. The largest absolute Gasteiger partial charge is 0.492 e. The van der Waals surface area contributed by atoms with E-state index in [-0.39, 0.29) is 11.8 Å². The molecule has 0 saturated heterocycles. The summed E-state index contributed by atoms with van der Waals surface area (Å²) in [7, 11) is 3.06. The molecule has 0 fully saturated rings. The molecule has 5 heteroatoms. The molecule has 0 saturated carbocycles. The molecule has 92 valence electrons. The molecule has 1 amide bonds. The zero-order valence-electron chi connectivity index (χ0n) is 9.77. The molecule has 1 aromatic carbocycles. The van der Waals surface area contributed by atoms with Crippen molar-refractivity contribution in [3.8, 4) is 5.75 Å². The Kier molecular flexibility index (Phi) is 3.54. The van der Waals surface area contributed by atoms with Gasteiger partial charge in [0.2, 0.25) is 0 Å². The van der Waals surface area contributed by atoms with Crippen molar-refractivity contribution in [2.45, 2.75) is 6.42 Å². The Morgan fingerprint density at radius 3 is 3.06 bits per heavy atom. The topological polar surface area (TPSA) is 38.8 Å². The average molecular weight is 256 g/mol. The van der Waals surface area contributed by atoms with Crippen LogP contribution in [0.2, 0.25) is 5.02 Å². The van der Waals surface area contributed by atoms with E-state index in [0.29, 0.717) is 18.1 Å². The molecule has 1 heterocycles. The summed E-state index contributed by atoms with van der Waals surface area (Å²) in [5.41, 5.74) is 0.964. The number of fused-ring (bicyclic) bond motifs is 1. The van der Waals surface area contributed by atoms with E-state index >= 15 is 0 Å². The first kappa shape index (κ1) is 12.2. The third kappa shape index (κ3) is 2.53. The number of halogens is 1. The lowest BCUT2D eigenvalue weighted by molar-refractivity contribution is -0.174. The van der Waals surface area contributed by atoms with E-state index in [1.165, 1.54) is 12.2 Å². The van der Waals surface area contributed by atoms with E-state index in [9.17, 15) is 4.79 Å². The van der Waals surface area contributed by atoms with Crippen molar-refractivity contribution < 1.29 is 14.4 Å². The number of hydrogen-bond acceptors (Lipinski definition) is 3. The summed E-state index contributed by atoms with van der Waals surface area (Å²) in [4.78, 5) is 16.8. The lowest BCUT2D eigenvalue weighted by atomic mass is 9.96. The number of hydroxylamine groups is 2. The summed E-state index contributed by atoms with van der Waals surface area (Å²) < 4.78 is 5.55. The second-order valence-electron chi connectivity index (χ2n) is 3.98. The standard InChI is InChI=1S/C12H14ClNO3/c1-14(16-2)12(15)9-5-8-6-10(13)3-4-11(8)17-7-9/h3-4,6,9H,5,7H2,1-2H3/t9-/m1/s1. The quantitative estimate of drug-likeness (QED) is 0.758. The second-order valence-corrected chi connectivity index (χ2v) is 4.42. The predicted octanol–water partition coefficient (Wildman–Crippen LogP) is 1.91. The van der Waals surface area contributed by atoms with Crippen LogP contribution in [0.1, 0.15) is 5.56 Å². The van der Waals surface area contributed by atoms with Gasteiger partial charge >= 0.3 is 0 Å². The number of carbonyl (C=O) groups excluding carboxylic acids is 1. The van der Waals surface area contributed by atoms with Gasteiger partial charge < -0.3 is 4.74 Å². The highest BCUT2D eigenvalue weighted by Crippen LogP contribution is 2.30. The van der Waals surface area contributed by atoms with Crippen LogP contribution in [0.15, 0.2) is 18.2 Å². The summed E-state index contributed by atoms with van der Waals surface area (Å²) in [6.45, 7) is 0.376. The van der Waals surface area contributed by atoms with E-state index in [1.807, 2.05) is 12.1 Å². The van der Waals surface area contributed by atoms with E-state index in [4.69, 9.17) is 21.2 Å². The zero-order valence-corrected chi connectivity index (χ0v) is 10.5. The smallest absolute Gasteiger partial charge is 0.252 e.